The van der Waals surface area contributed by atoms with Gasteiger partial charge in [0.05, 0.1) is 0 Å². The third kappa shape index (κ3) is 1.28. The van der Waals surface area contributed by atoms with Crippen LogP contribution in [0.4, 0.5) is 0 Å². The van der Waals surface area contributed by atoms with Crippen molar-refractivity contribution >= 4 is 12.2 Å². The van der Waals surface area contributed by atoms with Crippen molar-refractivity contribution in [3.63, 3.8) is 0 Å². The Labute approximate surface area is 68.2 Å². The lowest BCUT2D eigenvalue weighted by atomic mass is 10.4. The topological polar surface area (TPSA) is 53.6 Å². The summed E-state index contributed by atoms with van der Waals surface area (Å²) in [5, 5.41) is 5.06. The summed E-state index contributed by atoms with van der Waals surface area (Å²) < 4.78 is 2.08. The van der Waals surface area contributed by atoms with Gasteiger partial charge in [0.25, 0.3) is 0 Å². The Morgan fingerprint density at radius 1 is 1.55 bits per heavy atom. The van der Waals surface area contributed by atoms with Gasteiger partial charge in [0.15, 0.2) is 4.77 Å². The second-order valence-corrected chi connectivity index (χ2v) is 3.30. The van der Waals surface area contributed by atoms with E-state index in [1.165, 1.54) is 12.8 Å². The van der Waals surface area contributed by atoms with Crippen LogP contribution >= 0.6 is 12.2 Å². The van der Waals surface area contributed by atoms with E-state index in [1.54, 1.807) is 4.57 Å². The molecular weight excluding hydrogens is 162 g/mol. The van der Waals surface area contributed by atoms with E-state index >= 15 is 0 Å². The summed E-state index contributed by atoms with van der Waals surface area (Å²) in [5.74, 6) is 0.679. The molecule has 1 fully saturated rings. The van der Waals surface area contributed by atoms with E-state index in [2.05, 4.69) is 10.2 Å². The Morgan fingerprint density at radius 3 is 2.73 bits per heavy atom. The van der Waals surface area contributed by atoms with Crippen molar-refractivity contribution in [1.29, 1.82) is 0 Å². The van der Waals surface area contributed by atoms with E-state index in [0.717, 1.165) is 6.54 Å². The van der Waals surface area contributed by atoms with Crippen LogP contribution in [-0.4, -0.2) is 14.8 Å². The monoisotopic (exact) mass is 171 g/mol. The molecule has 0 aliphatic heterocycles. The summed E-state index contributed by atoms with van der Waals surface area (Å²) in [6.45, 7) is 0.775. The Bertz CT molecular complexity index is 329. The van der Waals surface area contributed by atoms with Gasteiger partial charge in [0, 0.05) is 6.54 Å². The third-order valence-corrected chi connectivity index (χ3v) is 2.23. The molecule has 5 heteroatoms. The number of H-pyrrole nitrogens is 2. The Hall–Kier alpha value is -0.840. The van der Waals surface area contributed by atoms with E-state index in [1.807, 2.05) is 0 Å². The van der Waals surface area contributed by atoms with Gasteiger partial charge in [-0.2, -0.15) is 0 Å². The zero-order valence-electron chi connectivity index (χ0n) is 5.96. The van der Waals surface area contributed by atoms with Gasteiger partial charge in [-0.1, -0.05) is 0 Å². The first kappa shape index (κ1) is 6.84. The summed E-state index contributed by atoms with van der Waals surface area (Å²) in [6.07, 6.45) is 2.46. The summed E-state index contributed by atoms with van der Waals surface area (Å²) in [5.41, 5.74) is -0.123. The number of hydrogen-bond acceptors (Lipinski definition) is 2. The maximum Gasteiger partial charge on any atom is 0.342 e. The summed E-state index contributed by atoms with van der Waals surface area (Å²) >= 11 is 4.90. The lowest BCUT2D eigenvalue weighted by Gasteiger charge is -1.94. The maximum absolute atomic E-state index is 11.0. The molecule has 0 spiro atoms. The van der Waals surface area contributed by atoms with E-state index in [4.69, 9.17) is 12.2 Å². The minimum atomic E-state index is -0.123. The first-order chi connectivity index (χ1) is 5.27. The lowest BCUT2D eigenvalue weighted by Crippen LogP contribution is -2.17. The fraction of sp³-hybridized carbons (Fsp3) is 0.667. The average Bonchev–Trinajstić information content (AvgIpc) is 2.73. The highest BCUT2D eigenvalue weighted by molar-refractivity contribution is 7.71. The molecule has 1 aliphatic carbocycles. The minimum absolute atomic E-state index is 0.123. The smallest absolute Gasteiger partial charge is 0.272 e. The van der Waals surface area contributed by atoms with Crippen molar-refractivity contribution in [2.24, 2.45) is 5.92 Å². The molecule has 0 atom stereocenters. The first-order valence-electron chi connectivity index (χ1n) is 3.65. The lowest BCUT2D eigenvalue weighted by molar-refractivity contribution is 0.601. The molecule has 1 aromatic heterocycles. The molecule has 2 N–H and O–H groups in total. The molecule has 0 saturated heterocycles. The Balaban J connectivity index is 2.33. The molecule has 0 bridgehead atoms. The van der Waals surface area contributed by atoms with E-state index in [9.17, 15) is 4.79 Å². The van der Waals surface area contributed by atoms with E-state index in [0.29, 0.717) is 10.7 Å². The molecule has 1 heterocycles. The van der Waals surface area contributed by atoms with Crippen LogP contribution in [0.3, 0.4) is 0 Å². The fourth-order valence-electron chi connectivity index (χ4n) is 1.06. The number of hydrogen-bond donors (Lipinski definition) is 2. The van der Waals surface area contributed by atoms with Crippen LogP contribution in [0.5, 0.6) is 0 Å². The first-order valence-corrected chi connectivity index (χ1v) is 4.05. The molecule has 11 heavy (non-hydrogen) atoms. The number of nitrogens with one attached hydrogen (secondary N) is 2. The maximum atomic E-state index is 11.0. The zero-order valence-corrected chi connectivity index (χ0v) is 6.78. The Kier molecular flexibility index (Phi) is 1.45. The van der Waals surface area contributed by atoms with Crippen LogP contribution in [0.25, 0.3) is 0 Å². The van der Waals surface area contributed by atoms with Gasteiger partial charge in [-0.3, -0.25) is 9.67 Å². The summed E-state index contributed by atoms with van der Waals surface area (Å²) in [4.78, 5) is 11.0. The second-order valence-electron chi connectivity index (χ2n) is 2.91. The minimum Gasteiger partial charge on any atom is -0.272 e. The fourth-order valence-corrected chi connectivity index (χ4v) is 1.27. The van der Waals surface area contributed by atoms with Crippen molar-refractivity contribution in [2.45, 2.75) is 19.4 Å². The molecule has 4 nitrogen and oxygen atoms in total. The van der Waals surface area contributed by atoms with Crippen LogP contribution in [0.1, 0.15) is 12.8 Å². The zero-order chi connectivity index (χ0) is 7.84. The van der Waals surface area contributed by atoms with Crippen LogP contribution in [-0.2, 0) is 6.54 Å². The highest BCUT2D eigenvalue weighted by Crippen LogP contribution is 2.29. The van der Waals surface area contributed by atoms with E-state index < -0.39 is 0 Å². The van der Waals surface area contributed by atoms with Crippen LogP contribution < -0.4 is 5.69 Å². The predicted molar refractivity (Wildman–Crippen MR) is 43.0 cm³/mol. The van der Waals surface area contributed by atoms with Gasteiger partial charge in [0.1, 0.15) is 0 Å². The molecule has 1 aliphatic rings. The largest absolute Gasteiger partial charge is 0.342 e. The number of aromatic amines is 2. The molecular formula is C6H9N3OS. The number of nitrogens with zero attached hydrogens (tertiary/aromatic N) is 1. The van der Waals surface area contributed by atoms with Crippen molar-refractivity contribution in [3.05, 3.63) is 15.3 Å². The van der Waals surface area contributed by atoms with Gasteiger partial charge >= 0.3 is 5.69 Å². The van der Waals surface area contributed by atoms with Crippen molar-refractivity contribution in [3.8, 4) is 0 Å². The number of aromatic nitrogens is 3. The van der Waals surface area contributed by atoms with Crippen LogP contribution in [0.15, 0.2) is 4.79 Å². The quantitative estimate of drug-likeness (QED) is 0.642. The van der Waals surface area contributed by atoms with Gasteiger partial charge in [-0.25, -0.2) is 9.89 Å². The summed E-state index contributed by atoms with van der Waals surface area (Å²) in [7, 11) is 0. The molecule has 1 aromatic rings. The van der Waals surface area contributed by atoms with Gasteiger partial charge in [-0.05, 0) is 31.0 Å². The summed E-state index contributed by atoms with van der Waals surface area (Å²) in [6, 6.07) is 0. The van der Waals surface area contributed by atoms with Gasteiger partial charge < -0.3 is 0 Å². The molecule has 1 saturated carbocycles. The van der Waals surface area contributed by atoms with Crippen molar-refractivity contribution in [2.75, 3.05) is 0 Å². The highest BCUT2D eigenvalue weighted by atomic mass is 32.1. The molecule has 60 valence electrons. The molecule has 0 radical (unpaired) electrons. The number of rotatable bonds is 2. The van der Waals surface area contributed by atoms with Crippen LogP contribution in [0.2, 0.25) is 0 Å². The predicted octanol–water partition coefficient (Wildman–Crippen LogP) is 0.644. The molecule has 2 rings (SSSR count). The molecule has 0 aromatic carbocycles. The second kappa shape index (κ2) is 2.34. The average molecular weight is 171 g/mol. The Morgan fingerprint density at radius 2 is 2.27 bits per heavy atom. The van der Waals surface area contributed by atoms with Crippen molar-refractivity contribution in [1.82, 2.24) is 14.8 Å². The SMILES string of the molecule is O=c1[nH][nH]c(=S)n1CC1CC1. The molecule has 0 unspecified atom stereocenters. The standard InChI is InChI=1S/C6H9N3OS/c10-5-7-8-6(11)9(5)3-4-1-2-4/h4H,1-3H2,(H,7,10)(H,8,11). The van der Waals surface area contributed by atoms with Gasteiger partial charge in [-0.15, -0.1) is 0 Å². The van der Waals surface area contributed by atoms with Crippen molar-refractivity contribution < 1.29 is 0 Å². The van der Waals surface area contributed by atoms with Gasteiger partial charge in [0.2, 0.25) is 0 Å². The van der Waals surface area contributed by atoms with E-state index in [-0.39, 0.29) is 5.69 Å². The third-order valence-electron chi connectivity index (χ3n) is 1.90. The highest BCUT2D eigenvalue weighted by Gasteiger charge is 2.22. The van der Waals surface area contributed by atoms with Crippen LogP contribution in [0, 0.1) is 10.7 Å². The molecule has 0 amide bonds. The normalized spacial score (nSPS) is 17.1.